The molecule has 0 saturated heterocycles. The zero-order valence-electron chi connectivity index (χ0n) is 13.7. The molecule has 0 aliphatic rings. The minimum absolute atomic E-state index is 0.226. The van der Waals surface area contributed by atoms with Crippen LogP contribution in [-0.4, -0.2) is 38.4 Å². The van der Waals surface area contributed by atoms with E-state index in [2.05, 4.69) is 30.4 Å². The van der Waals surface area contributed by atoms with Gasteiger partial charge in [-0.05, 0) is 41.4 Å². The summed E-state index contributed by atoms with van der Waals surface area (Å²) in [5, 5.41) is 14.2. The third-order valence-electron chi connectivity index (χ3n) is 3.63. The SMILES string of the molecule is CC[C@@H](NC(=O)N(C)Cc1ccc2nonc2c1)c1nc(C)no1. The lowest BCUT2D eigenvalue weighted by atomic mass is 10.2. The molecule has 126 valence electrons. The zero-order valence-corrected chi connectivity index (χ0v) is 13.7. The van der Waals surface area contributed by atoms with Crippen molar-refractivity contribution in [2.75, 3.05) is 7.05 Å². The molecule has 0 radical (unpaired) electrons. The average molecular weight is 330 g/mol. The molecule has 9 heteroatoms. The summed E-state index contributed by atoms with van der Waals surface area (Å²) >= 11 is 0. The fourth-order valence-electron chi connectivity index (χ4n) is 2.32. The molecule has 2 heterocycles. The lowest BCUT2D eigenvalue weighted by Gasteiger charge is -2.21. The van der Waals surface area contributed by atoms with Gasteiger partial charge >= 0.3 is 6.03 Å². The maximum Gasteiger partial charge on any atom is 0.318 e. The van der Waals surface area contributed by atoms with E-state index in [4.69, 9.17) is 4.52 Å². The Labute approximate surface area is 138 Å². The summed E-state index contributed by atoms with van der Waals surface area (Å²) < 4.78 is 9.81. The first-order valence-electron chi connectivity index (χ1n) is 7.60. The molecule has 24 heavy (non-hydrogen) atoms. The summed E-state index contributed by atoms with van der Waals surface area (Å²) in [5.74, 6) is 0.951. The van der Waals surface area contributed by atoms with Crippen molar-refractivity contribution in [2.45, 2.75) is 32.9 Å². The van der Waals surface area contributed by atoms with Gasteiger partial charge in [0.15, 0.2) is 5.82 Å². The normalized spacial score (nSPS) is 12.3. The molecule has 0 bridgehead atoms. The van der Waals surface area contributed by atoms with Gasteiger partial charge in [0.1, 0.15) is 17.1 Å². The predicted molar refractivity (Wildman–Crippen MR) is 83.9 cm³/mol. The monoisotopic (exact) mass is 330 g/mol. The number of urea groups is 1. The number of amides is 2. The van der Waals surface area contributed by atoms with Crippen LogP contribution in [0, 0.1) is 6.92 Å². The smallest absolute Gasteiger partial charge is 0.318 e. The van der Waals surface area contributed by atoms with Crippen molar-refractivity contribution >= 4 is 17.1 Å². The molecule has 9 nitrogen and oxygen atoms in total. The largest absolute Gasteiger partial charge is 0.337 e. The van der Waals surface area contributed by atoms with Gasteiger partial charge < -0.3 is 14.7 Å². The average Bonchev–Trinajstić information content (AvgIpc) is 3.20. The Morgan fingerprint density at radius 2 is 2.08 bits per heavy atom. The van der Waals surface area contributed by atoms with E-state index in [9.17, 15) is 4.79 Å². The Hall–Kier alpha value is -2.97. The van der Waals surface area contributed by atoms with E-state index in [1.165, 1.54) is 0 Å². The number of nitrogens with zero attached hydrogens (tertiary/aromatic N) is 5. The summed E-state index contributed by atoms with van der Waals surface area (Å²) in [6.45, 7) is 4.10. The lowest BCUT2D eigenvalue weighted by molar-refractivity contribution is 0.198. The predicted octanol–water partition coefficient (Wildman–Crippen LogP) is 2.21. The second-order valence-corrected chi connectivity index (χ2v) is 5.53. The molecular weight excluding hydrogens is 312 g/mol. The molecule has 0 saturated carbocycles. The molecule has 3 rings (SSSR count). The summed E-state index contributed by atoms with van der Waals surface area (Å²) in [7, 11) is 1.71. The molecule has 3 aromatic rings. The van der Waals surface area contributed by atoms with Gasteiger partial charge in [-0.3, -0.25) is 0 Å². The first kappa shape index (κ1) is 15.9. The number of aromatic nitrogens is 4. The van der Waals surface area contributed by atoms with Gasteiger partial charge in [-0.2, -0.15) is 4.98 Å². The lowest BCUT2D eigenvalue weighted by Crippen LogP contribution is -2.39. The van der Waals surface area contributed by atoms with Crippen molar-refractivity contribution in [1.82, 2.24) is 30.7 Å². The van der Waals surface area contributed by atoms with Crippen LogP contribution in [0.5, 0.6) is 0 Å². The number of nitrogens with one attached hydrogen (secondary N) is 1. The highest BCUT2D eigenvalue weighted by Crippen LogP contribution is 2.16. The highest BCUT2D eigenvalue weighted by molar-refractivity contribution is 5.75. The van der Waals surface area contributed by atoms with E-state index in [-0.39, 0.29) is 12.1 Å². The standard InChI is InChI=1S/C15H18N6O3/c1-4-11(14-16-9(2)18-23-14)17-15(22)21(3)8-10-5-6-12-13(7-10)20-24-19-12/h5-7,11H,4,8H2,1-3H3,(H,17,22)/t11-/m1/s1. The molecule has 0 aliphatic heterocycles. The van der Waals surface area contributed by atoms with Gasteiger partial charge in [0.2, 0.25) is 5.89 Å². The van der Waals surface area contributed by atoms with Crippen molar-refractivity contribution in [1.29, 1.82) is 0 Å². The number of hydrogen-bond donors (Lipinski definition) is 1. The Morgan fingerprint density at radius 1 is 1.29 bits per heavy atom. The molecule has 1 atom stereocenters. The Kier molecular flexibility index (Phi) is 4.41. The number of hydrogen-bond acceptors (Lipinski definition) is 7. The molecule has 1 aromatic carbocycles. The molecule has 0 fully saturated rings. The van der Waals surface area contributed by atoms with Crippen LogP contribution in [0.1, 0.15) is 36.7 Å². The van der Waals surface area contributed by atoms with Crippen LogP contribution in [-0.2, 0) is 6.54 Å². The van der Waals surface area contributed by atoms with Crippen molar-refractivity contribution < 1.29 is 13.9 Å². The molecule has 1 N–H and O–H groups in total. The van der Waals surface area contributed by atoms with E-state index in [1.807, 2.05) is 25.1 Å². The van der Waals surface area contributed by atoms with Crippen LogP contribution < -0.4 is 5.32 Å². The summed E-state index contributed by atoms with van der Waals surface area (Å²) in [4.78, 5) is 18.1. The van der Waals surface area contributed by atoms with Crippen molar-refractivity contribution in [3.63, 3.8) is 0 Å². The van der Waals surface area contributed by atoms with Gasteiger partial charge in [-0.15, -0.1) is 0 Å². The second kappa shape index (κ2) is 6.65. The van der Waals surface area contributed by atoms with E-state index in [0.717, 1.165) is 5.56 Å². The molecular formula is C15H18N6O3. The molecule has 2 amide bonds. The van der Waals surface area contributed by atoms with Crippen LogP contribution >= 0.6 is 0 Å². The third-order valence-corrected chi connectivity index (χ3v) is 3.63. The molecule has 0 unspecified atom stereocenters. The quantitative estimate of drug-likeness (QED) is 0.763. The Morgan fingerprint density at radius 3 is 2.79 bits per heavy atom. The second-order valence-electron chi connectivity index (χ2n) is 5.53. The van der Waals surface area contributed by atoms with E-state index in [0.29, 0.717) is 35.7 Å². The third kappa shape index (κ3) is 3.34. The zero-order chi connectivity index (χ0) is 17.1. The number of fused-ring (bicyclic) bond motifs is 1. The van der Waals surface area contributed by atoms with E-state index >= 15 is 0 Å². The number of rotatable bonds is 5. The number of carbonyl (C=O) groups is 1. The fourth-order valence-corrected chi connectivity index (χ4v) is 2.32. The Bertz CT molecular complexity index is 842. The maximum atomic E-state index is 12.4. The minimum atomic E-state index is -0.316. The number of benzene rings is 1. The van der Waals surface area contributed by atoms with Crippen LogP contribution in [0.15, 0.2) is 27.4 Å². The number of aryl methyl sites for hydroxylation is 1. The molecule has 0 aliphatic carbocycles. The summed E-state index contributed by atoms with van der Waals surface area (Å²) in [5.41, 5.74) is 2.27. The van der Waals surface area contributed by atoms with Gasteiger partial charge in [0.25, 0.3) is 0 Å². The van der Waals surface area contributed by atoms with Gasteiger partial charge in [-0.1, -0.05) is 18.1 Å². The molecule has 2 aromatic heterocycles. The fraction of sp³-hybridized carbons (Fsp3) is 0.400. The number of carbonyl (C=O) groups excluding carboxylic acids is 1. The van der Waals surface area contributed by atoms with E-state index < -0.39 is 0 Å². The highest BCUT2D eigenvalue weighted by Gasteiger charge is 2.20. The minimum Gasteiger partial charge on any atom is -0.337 e. The van der Waals surface area contributed by atoms with Crippen molar-refractivity contribution in [3.8, 4) is 0 Å². The molecule has 0 spiro atoms. The summed E-state index contributed by atoms with van der Waals surface area (Å²) in [6, 6.07) is 4.99. The van der Waals surface area contributed by atoms with E-state index in [1.54, 1.807) is 18.9 Å². The topological polar surface area (TPSA) is 110 Å². The van der Waals surface area contributed by atoms with Crippen molar-refractivity contribution in [3.05, 3.63) is 35.5 Å². The maximum absolute atomic E-state index is 12.4. The summed E-state index contributed by atoms with van der Waals surface area (Å²) in [6.07, 6.45) is 0.651. The first-order valence-corrected chi connectivity index (χ1v) is 7.60. The Balaban J connectivity index is 1.65. The van der Waals surface area contributed by atoms with Crippen LogP contribution in [0.2, 0.25) is 0 Å². The van der Waals surface area contributed by atoms with Crippen LogP contribution in [0.4, 0.5) is 4.79 Å². The van der Waals surface area contributed by atoms with Crippen LogP contribution in [0.3, 0.4) is 0 Å². The highest BCUT2D eigenvalue weighted by atomic mass is 16.6. The van der Waals surface area contributed by atoms with Crippen molar-refractivity contribution in [2.24, 2.45) is 0 Å². The van der Waals surface area contributed by atoms with Gasteiger partial charge in [0, 0.05) is 13.6 Å². The van der Waals surface area contributed by atoms with Gasteiger partial charge in [-0.25, -0.2) is 9.42 Å². The van der Waals surface area contributed by atoms with Crippen LogP contribution in [0.25, 0.3) is 11.0 Å². The van der Waals surface area contributed by atoms with Gasteiger partial charge in [0.05, 0.1) is 0 Å². The first-order chi connectivity index (χ1) is 11.6.